The van der Waals surface area contributed by atoms with Gasteiger partial charge >= 0.3 is 11.9 Å². The summed E-state index contributed by atoms with van der Waals surface area (Å²) in [7, 11) is 1.94. The van der Waals surface area contributed by atoms with Gasteiger partial charge in [-0.05, 0) is 91.2 Å². The number of rotatable bonds is 11. The predicted octanol–water partition coefficient (Wildman–Crippen LogP) is 1.06. The Hall–Kier alpha value is -3.68. The van der Waals surface area contributed by atoms with Crippen LogP contribution in [0.4, 0.5) is 0 Å². The van der Waals surface area contributed by atoms with Crippen molar-refractivity contribution in [3.8, 4) is 11.5 Å². The van der Waals surface area contributed by atoms with Crippen LogP contribution in [0.2, 0.25) is 0 Å². The molecule has 6 N–H and O–H groups in total. The van der Waals surface area contributed by atoms with Gasteiger partial charge in [0.15, 0.2) is 23.7 Å². The molecule has 4 rings (SSSR count). The van der Waals surface area contributed by atoms with Gasteiger partial charge in [0.2, 0.25) is 11.8 Å². The zero-order valence-electron chi connectivity index (χ0n) is 26.8. The van der Waals surface area contributed by atoms with E-state index in [-0.39, 0.29) is 35.6 Å². The van der Waals surface area contributed by atoms with Gasteiger partial charge in [0.1, 0.15) is 17.8 Å². The number of nitrogens with two attached hydrogens (primary N) is 1. The van der Waals surface area contributed by atoms with Crippen molar-refractivity contribution in [2.24, 2.45) is 5.73 Å². The van der Waals surface area contributed by atoms with Gasteiger partial charge in [-0.2, -0.15) is 0 Å². The second-order valence-corrected chi connectivity index (χ2v) is 12.5. The topological polar surface area (TPSA) is 190 Å². The number of ether oxygens (including phenoxy) is 3. The Morgan fingerprint density at radius 2 is 1.89 bits per heavy atom. The van der Waals surface area contributed by atoms with E-state index in [0.29, 0.717) is 44.3 Å². The molecular formula is C32H46N4O9. The fourth-order valence-electron chi connectivity index (χ4n) is 6.91. The predicted molar refractivity (Wildman–Crippen MR) is 163 cm³/mol. The number of unbranched alkanes of at least 4 members (excludes halogenated alkanes) is 1. The lowest BCUT2D eigenvalue weighted by molar-refractivity contribution is -0.172. The highest BCUT2D eigenvalue weighted by atomic mass is 16.6. The number of hydrogen-bond donors (Lipinski definition) is 5. The second-order valence-electron chi connectivity index (χ2n) is 12.5. The van der Waals surface area contributed by atoms with Crippen LogP contribution in [0.3, 0.4) is 0 Å². The maximum absolute atomic E-state index is 13.3. The number of fused-ring (bicyclic) bond motifs is 1. The van der Waals surface area contributed by atoms with Crippen LogP contribution in [-0.4, -0.2) is 94.9 Å². The van der Waals surface area contributed by atoms with Gasteiger partial charge in [-0.3, -0.25) is 9.59 Å². The third kappa shape index (κ3) is 6.25. The Morgan fingerprint density at radius 3 is 2.56 bits per heavy atom. The molecule has 2 amide bonds. The average Bonchev–Trinajstić information content (AvgIpc) is 3.35. The maximum atomic E-state index is 13.3. The number of hydrogen-bond acceptors (Lipinski definition) is 11. The molecule has 1 aromatic carbocycles. The number of piperidine rings is 1. The summed E-state index contributed by atoms with van der Waals surface area (Å²) in [4.78, 5) is 52.5. The smallest absolute Gasteiger partial charge is 0.352 e. The maximum Gasteiger partial charge on any atom is 0.352 e. The van der Waals surface area contributed by atoms with Crippen LogP contribution >= 0.6 is 0 Å². The van der Waals surface area contributed by atoms with Crippen molar-refractivity contribution < 1.29 is 43.6 Å². The van der Waals surface area contributed by atoms with Crippen molar-refractivity contribution in [1.82, 2.24) is 15.5 Å². The normalized spacial score (nSPS) is 27.3. The number of esters is 2. The number of amides is 2. The van der Waals surface area contributed by atoms with Crippen LogP contribution in [0.25, 0.3) is 0 Å². The molecule has 2 heterocycles. The molecule has 1 aromatic rings. The van der Waals surface area contributed by atoms with E-state index in [0.717, 1.165) is 5.56 Å². The minimum Gasteiger partial charge on any atom is -0.504 e. The molecular weight excluding hydrogens is 584 g/mol. The molecule has 0 aromatic heterocycles. The van der Waals surface area contributed by atoms with E-state index < -0.39 is 53.2 Å². The van der Waals surface area contributed by atoms with Gasteiger partial charge < -0.3 is 45.7 Å². The van der Waals surface area contributed by atoms with Crippen molar-refractivity contribution in [1.29, 1.82) is 0 Å². The molecule has 0 unspecified atom stereocenters. The van der Waals surface area contributed by atoms with E-state index in [1.165, 1.54) is 26.8 Å². The van der Waals surface area contributed by atoms with Gasteiger partial charge in [-0.1, -0.05) is 6.07 Å². The SMILES string of the molecule is CC(=O)N[C@@H](CCCCN)C(=O)N[C@@H](C)C(=O)O[C@@H](C)C(=O)OC1=CC[C@@]2(O)[C@@H](C)N(C)CC[C@@]23c2c(C)ccc(O)c2O[C@@H]13. The van der Waals surface area contributed by atoms with Gasteiger partial charge in [-0.15, -0.1) is 0 Å². The molecule has 1 spiro atoms. The molecule has 0 saturated carbocycles. The average molecular weight is 631 g/mol. The monoisotopic (exact) mass is 630 g/mol. The quantitative estimate of drug-likeness (QED) is 0.174. The van der Waals surface area contributed by atoms with Crippen LogP contribution in [-0.2, 0) is 34.1 Å². The standard InChI is InChI=1S/C32H46N4O9/c1-17-10-11-23(38)26-25(17)31-14-16-36(6)20(4)32(31,42)13-12-24(27(31)45-26)44-30(41)19(3)43-29(40)18(2)34-28(39)22(35-21(5)37)9-7-8-15-33/h10-12,18-20,22,27,38,42H,7-9,13-16,33H2,1-6H3,(H,34,39)(H,35,37)/t18-,19-,20+,22-,27-,31-,32+/m0/s1. The number of nitrogens with one attached hydrogen (secondary N) is 2. The van der Waals surface area contributed by atoms with Crippen molar-refractivity contribution in [3.63, 3.8) is 0 Å². The Balaban J connectivity index is 1.47. The minimum absolute atomic E-state index is 0.0718. The van der Waals surface area contributed by atoms with Crippen LogP contribution in [0.15, 0.2) is 24.0 Å². The van der Waals surface area contributed by atoms with E-state index >= 15 is 0 Å². The molecule has 248 valence electrons. The molecule has 0 radical (unpaired) electrons. The number of aromatic hydroxyl groups is 1. The number of phenols is 1. The second kappa shape index (κ2) is 13.4. The number of aryl methyl sites for hydroxylation is 1. The summed E-state index contributed by atoms with van der Waals surface area (Å²) in [5.41, 5.74) is 4.76. The number of phenolic OH excluding ortho intramolecular Hbond substituents is 1. The zero-order chi connectivity index (χ0) is 33.3. The number of carbonyl (C=O) groups excluding carboxylic acids is 4. The first-order chi connectivity index (χ1) is 21.2. The summed E-state index contributed by atoms with van der Waals surface area (Å²) in [6, 6.07) is 1.07. The van der Waals surface area contributed by atoms with E-state index in [2.05, 4.69) is 15.5 Å². The molecule has 13 heteroatoms. The lowest BCUT2D eigenvalue weighted by Gasteiger charge is -2.58. The van der Waals surface area contributed by atoms with Crippen LogP contribution in [0, 0.1) is 6.92 Å². The molecule has 2 aliphatic heterocycles. The zero-order valence-corrected chi connectivity index (χ0v) is 26.8. The Bertz CT molecular complexity index is 1370. The molecule has 45 heavy (non-hydrogen) atoms. The lowest BCUT2D eigenvalue weighted by atomic mass is 9.54. The summed E-state index contributed by atoms with van der Waals surface area (Å²) in [5, 5.41) is 28.1. The van der Waals surface area contributed by atoms with Crippen LogP contribution < -0.4 is 21.1 Å². The molecule has 7 atom stereocenters. The number of benzene rings is 1. The summed E-state index contributed by atoms with van der Waals surface area (Å²) in [5.74, 6) is -2.34. The van der Waals surface area contributed by atoms with Crippen molar-refractivity contribution in [2.45, 2.75) is 108 Å². The number of nitrogens with zero attached hydrogens (tertiary/aromatic N) is 1. The number of carbonyl (C=O) groups is 4. The highest BCUT2D eigenvalue weighted by Crippen LogP contribution is 2.62. The first-order valence-electron chi connectivity index (χ1n) is 15.5. The first-order valence-corrected chi connectivity index (χ1v) is 15.5. The Labute approximate surface area is 263 Å². The highest BCUT2D eigenvalue weighted by molar-refractivity contribution is 5.90. The van der Waals surface area contributed by atoms with Crippen molar-refractivity contribution in [2.75, 3.05) is 20.1 Å². The highest BCUT2D eigenvalue weighted by Gasteiger charge is 2.69. The van der Waals surface area contributed by atoms with Crippen molar-refractivity contribution >= 4 is 23.8 Å². The van der Waals surface area contributed by atoms with Crippen LogP contribution in [0.5, 0.6) is 11.5 Å². The fraction of sp³-hybridized carbons (Fsp3) is 0.625. The molecule has 1 aliphatic carbocycles. The molecule has 3 aliphatic rings. The van der Waals surface area contributed by atoms with E-state index in [4.69, 9.17) is 19.9 Å². The summed E-state index contributed by atoms with van der Waals surface area (Å²) in [6.45, 7) is 8.98. The van der Waals surface area contributed by atoms with Gasteiger partial charge in [-0.25, -0.2) is 9.59 Å². The number of likely N-dealkylation sites (N-methyl/N-ethyl adjacent to an activating group) is 1. The largest absolute Gasteiger partial charge is 0.504 e. The molecule has 1 saturated heterocycles. The summed E-state index contributed by atoms with van der Waals surface area (Å²) in [6.07, 6.45) is 1.63. The molecule has 1 fully saturated rings. The van der Waals surface area contributed by atoms with E-state index in [1.807, 2.05) is 20.9 Å². The lowest BCUT2D eigenvalue weighted by Crippen LogP contribution is -2.71. The van der Waals surface area contributed by atoms with Crippen molar-refractivity contribution in [3.05, 3.63) is 35.1 Å². The van der Waals surface area contributed by atoms with E-state index in [1.54, 1.807) is 12.1 Å². The van der Waals surface area contributed by atoms with Gasteiger partial charge in [0.05, 0.1) is 11.0 Å². The summed E-state index contributed by atoms with van der Waals surface area (Å²) < 4.78 is 17.4. The number of likely N-dealkylation sites (tertiary alicyclic amines) is 1. The third-order valence-electron chi connectivity index (χ3n) is 9.53. The van der Waals surface area contributed by atoms with Gasteiger partial charge in [0, 0.05) is 24.9 Å². The van der Waals surface area contributed by atoms with Gasteiger partial charge in [0.25, 0.3) is 0 Å². The molecule has 0 bridgehead atoms. The van der Waals surface area contributed by atoms with Crippen LogP contribution in [0.1, 0.15) is 70.9 Å². The number of aliphatic hydroxyl groups is 1. The fourth-order valence-corrected chi connectivity index (χ4v) is 6.91. The first kappa shape index (κ1) is 34.2. The minimum atomic E-state index is -1.35. The summed E-state index contributed by atoms with van der Waals surface area (Å²) >= 11 is 0. The van der Waals surface area contributed by atoms with E-state index in [9.17, 15) is 29.4 Å². The Morgan fingerprint density at radius 1 is 1.18 bits per heavy atom. The third-order valence-corrected chi connectivity index (χ3v) is 9.53. The Kier molecular flexibility index (Phi) is 10.1. The molecule has 13 nitrogen and oxygen atoms in total.